The van der Waals surface area contributed by atoms with Crippen LogP contribution in [-0.2, 0) is 10.0 Å². The fraction of sp³-hybridized carbons (Fsp3) is 0.350. The Morgan fingerprint density at radius 2 is 1.68 bits per heavy atom. The van der Waals surface area contributed by atoms with Crippen molar-refractivity contribution in [3.8, 4) is 5.75 Å². The highest BCUT2D eigenvalue weighted by atomic mass is 35.5. The molecule has 28 heavy (non-hydrogen) atoms. The molecule has 8 heteroatoms. The third-order valence-corrected chi connectivity index (χ3v) is 7.81. The molecule has 5 nitrogen and oxygen atoms in total. The molecular formula is C20H19Cl2NO4S. The summed E-state index contributed by atoms with van der Waals surface area (Å²) in [6, 6.07) is 9.55. The highest BCUT2D eigenvalue weighted by Crippen LogP contribution is 2.42. The van der Waals surface area contributed by atoms with E-state index in [1.54, 1.807) is 24.3 Å². The van der Waals surface area contributed by atoms with E-state index in [1.165, 1.54) is 16.4 Å². The number of Topliss-reactive ketones (excluding diaryl/α,β-unsaturated/α-hetero) is 1. The third kappa shape index (κ3) is 3.43. The maximum absolute atomic E-state index is 12.9. The molecule has 0 unspecified atom stereocenters. The lowest BCUT2D eigenvalue weighted by Crippen LogP contribution is -2.52. The predicted molar refractivity (Wildman–Crippen MR) is 108 cm³/mol. The van der Waals surface area contributed by atoms with Crippen molar-refractivity contribution < 1.29 is 17.9 Å². The highest BCUT2D eigenvalue weighted by molar-refractivity contribution is 7.89. The van der Waals surface area contributed by atoms with Crippen LogP contribution < -0.4 is 4.74 Å². The Hall–Kier alpha value is -1.60. The Morgan fingerprint density at radius 1 is 1.04 bits per heavy atom. The number of carbonyl (C=O) groups excluding carboxylic acids is 1. The van der Waals surface area contributed by atoms with E-state index in [-0.39, 0.29) is 17.1 Å². The van der Waals surface area contributed by atoms with E-state index in [2.05, 4.69) is 0 Å². The zero-order valence-electron chi connectivity index (χ0n) is 15.2. The highest BCUT2D eigenvalue weighted by Gasteiger charge is 2.45. The summed E-state index contributed by atoms with van der Waals surface area (Å²) in [5.74, 6) is 0.551. The number of benzene rings is 2. The Labute approximate surface area is 174 Å². The molecule has 148 valence electrons. The number of hydrogen-bond acceptors (Lipinski definition) is 4. The van der Waals surface area contributed by atoms with E-state index in [9.17, 15) is 13.2 Å². The zero-order chi connectivity index (χ0) is 20.1. The van der Waals surface area contributed by atoms with Crippen molar-refractivity contribution in [2.45, 2.75) is 36.7 Å². The van der Waals surface area contributed by atoms with Gasteiger partial charge in [-0.2, -0.15) is 4.31 Å². The second kappa shape index (κ2) is 7.02. The number of halogens is 2. The monoisotopic (exact) mass is 439 g/mol. The number of hydrogen-bond donors (Lipinski definition) is 0. The van der Waals surface area contributed by atoms with Crippen molar-refractivity contribution in [2.24, 2.45) is 0 Å². The molecule has 0 amide bonds. The molecule has 0 bridgehead atoms. The largest absolute Gasteiger partial charge is 0.486 e. The van der Waals surface area contributed by atoms with Gasteiger partial charge in [-0.1, -0.05) is 23.2 Å². The van der Waals surface area contributed by atoms with Crippen molar-refractivity contribution in [2.75, 3.05) is 13.1 Å². The number of piperidine rings is 1. The first-order valence-corrected chi connectivity index (χ1v) is 11.2. The first-order chi connectivity index (χ1) is 13.2. The van der Waals surface area contributed by atoms with Gasteiger partial charge in [-0.15, -0.1) is 0 Å². The molecule has 2 heterocycles. The van der Waals surface area contributed by atoms with Gasteiger partial charge in [0.05, 0.1) is 16.9 Å². The lowest BCUT2D eigenvalue weighted by atomic mass is 9.82. The van der Waals surface area contributed by atoms with Crippen molar-refractivity contribution in [1.82, 2.24) is 4.31 Å². The Kier molecular flexibility index (Phi) is 4.94. The summed E-state index contributed by atoms with van der Waals surface area (Å²) in [5.41, 5.74) is 0.646. The van der Waals surface area contributed by atoms with Gasteiger partial charge in [0.15, 0.2) is 5.78 Å². The molecule has 1 spiro atoms. The van der Waals surface area contributed by atoms with Crippen LogP contribution in [0.1, 0.15) is 35.2 Å². The van der Waals surface area contributed by atoms with Crippen LogP contribution in [0.25, 0.3) is 0 Å². The molecule has 4 rings (SSSR count). The second-order valence-electron chi connectivity index (χ2n) is 7.34. The number of ether oxygens (including phenoxy) is 1. The lowest BCUT2D eigenvalue weighted by molar-refractivity contribution is 0.00536. The zero-order valence-corrected chi connectivity index (χ0v) is 17.6. The van der Waals surface area contributed by atoms with Crippen LogP contribution in [0.5, 0.6) is 5.75 Å². The summed E-state index contributed by atoms with van der Waals surface area (Å²) >= 11 is 11.9. The standard InChI is InChI=1S/C20H19Cl2NO4S/c1-13-10-15(22)11-17-18(24)12-20(27-19(13)17)6-8-23(9-7-20)28(25,26)16-4-2-14(21)3-5-16/h2-5,10-11H,6-9,12H2,1H3. The molecule has 1 saturated heterocycles. The van der Waals surface area contributed by atoms with Crippen molar-refractivity contribution in [3.63, 3.8) is 0 Å². The summed E-state index contributed by atoms with van der Waals surface area (Å²) in [6.07, 6.45) is 1.13. The minimum atomic E-state index is -3.61. The van der Waals surface area contributed by atoms with Crippen molar-refractivity contribution in [1.29, 1.82) is 0 Å². The molecule has 0 radical (unpaired) electrons. The normalized spacial score (nSPS) is 19.3. The fourth-order valence-electron chi connectivity index (χ4n) is 3.88. The minimum absolute atomic E-state index is 0.0131. The average molecular weight is 440 g/mol. The number of aryl methyl sites for hydroxylation is 1. The number of sulfonamides is 1. The molecule has 0 aromatic heterocycles. The van der Waals surface area contributed by atoms with E-state index in [1.807, 2.05) is 6.92 Å². The quantitative estimate of drug-likeness (QED) is 0.691. The van der Waals surface area contributed by atoms with Gasteiger partial charge in [0.1, 0.15) is 11.4 Å². The van der Waals surface area contributed by atoms with E-state index in [0.29, 0.717) is 47.3 Å². The van der Waals surface area contributed by atoms with Crippen LogP contribution in [-0.4, -0.2) is 37.2 Å². The molecule has 2 aliphatic heterocycles. The number of carbonyl (C=O) groups is 1. The van der Waals surface area contributed by atoms with Gasteiger partial charge in [-0.05, 0) is 48.9 Å². The maximum atomic E-state index is 12.9. The van der Waals surface area contributed by atoms with E-state index in [4.69, 9.17) is 27.9 Å². The molecule has 2 aliphatic rings. The van der Waals surface area contributed by atoms with Crippen molar-refractivity contribution >= 4 is 39.0 Å². The molecule has 1 fully saturated rings. The number of rotatable bonds is 2. The Balaban J connectivity index is 1.55. The second-order valence-corrected chi connectivity index (χ2v) is 10.2. The third-order valence-electron chi connectivity index (χ3n) is 5.43. The lowest BCUT2D eigenvalue weighted by Gasteiger charge is -2.43. The van der Waals surface area contributed by atoms with Crippen LogP contribution in [0.2, 0.25) is 10.0 Å². The van der Waals surface area contributed by atoms with Gasteiger partial charge >= 0.3 is 0 Å². The SMILES string of the molecule is Cc1cc(Cl)cc2c1OC1(CCN(S(=O)(=O)c3ccc(Cl)cc3)CC1)CC2=O. The Bertz CT molecular complexity index is 1040. The van der Waals surface area contributed by atoms with Gasteiger partial charge in [0, 0.05) is 36.0 Å². The maximum Gasteiger partial charge on any atom is 0.243 e. The van der Waals surface area contributed by atoms with Crippen LogP contribution in [0.15, 0.2) is 41.3 Å². The molecule has 2 aromatic carbocycles. The van der Waals surface area contributed by atoms with Gasteiger partial charge < -0.3 is 4.74 Å². The Morgan fingerprint density at radius 3 is 2.32 bits per heavy atom. The number of ketones is 1. The van der Waals surface area contributed by atoms with E-state index < -0.39 is 15.6 Å². The van der Waals surface area contributed by atoms with Gasteiger partial charge in [0.25, 0.3) is 0 Å². The average Bonchev–Trinajstić information content (AvgIpc) is 2.64. The smallest absolute Gasteiger partial charge is 0.243 e. The summed E-state index contributed by atoms with van der Waals surface area (Å²) in [5, 5.41) is 0.993. The van der Waals surface area contributed by atoms with Crippen molar-refractivity contribution in [3.05, 3.63) is 57.6 Å². The molecule has 0 N–H and O–H groups in total. The number of nitrogens with zero attached hydrogens (tertiary/aromatic N) is 1. The van der Waals surface area contributed by atoms with Gasteiger partial charge in [-0.25, -0.2) is 8.42 Å². The summed E-state index contributed by atoms with van der Waals surface area (Å²) in [7, 11) is -3.61. The summed E-state index contributed by atoms with van der Waals surface area (Å²) in [4.78, 5) is 12.9. The first kappa shape index (κ1) is 19.7. The van der Waals surface area contributed by atoms with Crippen LogP contribution in [0.3, 0.4) is 0 Å². The van der Waals surface area contributed by atoms with E-state index >= 15 is 0 Å². The van der Waals surface area contributed by atoms with E-state index in [0.717, 1.165) is 5.56 Å². The summed E-state index contributed by atoms with van der Waals surface area (Å²) < 4.78 is 33.5. The molecule has 2 aromatic rings. The first-order valence-electron chi connectivity index (χ1n) is 8.98. The van der Waals surface area contributed by atoms with Crippen LogP contribution >= 0.6 is 23.2 Å². The minimum Gasteiger partial charge on any atom is -0.486 e. The fourth-order valence-corrected chi connectivity index (χ4v) is 5.72. The molecule has 0 aliphatic carbocycles. The van der Waals surface area contributed by atoms with Crippen LogP contribution in [0, 0.1) is 6.92 Å². The van der Waals surface area contributed by atoms with Crippen LogP contribution in [0.4, 0.5) is 0 Å². The topological polar surface area (TPSA) is 63.7 Å². The van der Waals surface area contributed by atoms with Gasteiger partial charge in [-0.3, -0.25) is 4.79 Å². The molecule has 0 saturated carbocycles. The van der Waals surface area contributed by atoms with Gasteiger partial charge in [0.2, 0.25) is 10.0 Å². The molecular weight excluding hydrogens is 421 g/mol. The molecule has 0 atom stereocenters. The summed E-state index contributed by atoms with van der Waals surface area (Å²) in [6.45, 7) is 2.44. The number of fused-ring (bicyclic) bond motifs is 1. The predicted octanol–water partition coefficient (Wildman–Crippen LogP) is 4.49.